The van der Waals surface area contributed by atoms with Crippen LogP contribution in [0.25, 0.3) is 0 Å². The van der Waals surface area contributed by atoms with E-state index in [-0.39, 0.29) is 6.42 Å². The van der Waals surface area contributed by atoms with Gasteiger partial charge in [-0.2, -0.15) is 0 Å². The maximum absolute atomic E-state index is 10.5. The van der Waals surface area contributed by atoms with Gasteiger partial charge in [-0.15, -0.1) is 0 Å². The number of carbonyl (C=O) groups is 1. The molecule has 0 aromatic heterocycles. The summed E-state index contributed by atoms with van der Waals surface area (Å²) in [5.74, 6) is -0.181. The van der Waals surface area contributed by atoms with Crippen molar-refractivity contribution in [3.63, 3.8) is 0 Å². The third-order valence-corrected chi connectivity index (χ3v) is 1.61. The van der Waals surface area contributed by atoms with E-state index in [0.29, 0.717) is 12.4 Å². The molecule has 0 heterocycles. The summed E-state index contributed by atoms with van der Waals surface area (Å²) < 4.78 is 5.27. The van der Waals surface area contributed by atoms with E-state index in [4.69, 9.17) is 9.84 Å². The predicted octanol–water partition coefficient (Wildman–Crippen LogP) is 1.71. The van der Waals surface area contributed by atoms with Gasteiger partial charge in [0.15, 0.2) is 0 Å². The second-order valence-corrected chi connectivity index (χ2v) is 2.61. The van der Waals surface area contributed by atoms with E-state index in [1.54, 1.807) is 18.2 Å². The lowest BCUT2D eigenvalue weighted by Gasteiger charge is -2.07. The Hall–Kier alpha value is -1.51. The van der Waals surface area contributed by atoms with Gasteiger partial charge in [-0.05, 0) is 13.0 Å². The molecule has 1 aromatic rings. The highest BCUT2D eigenvalue weighted by molar-refractivity contribution is 5.71. The first kappa shape index (κ1) is 9.58. The minimum absolute atomic E-state index is 0.0101. The third kappa shape index (κ3) is 2.78. The molecular formula is C10H12O3. The Morgan fingerprint density at radius 3 is 2.77 bits per heavy atom. The van der Waals surface area contributed by atoms with Crippen molar-refractivity contribution in [3.8, 4) is 5.75 Å². The topological polar surface area (TPSA) is 46.5 Å². The van der Waals surface area contributed by atoms with Crippen molar-refractivity contribution in [2.24, 2.45) is 0 Å². The Morgan fingerprint density at radius 1 is 1.46 bits per heavy atom. The molecule has 70 valence electrons. The molecule has 0 amide bonds. The first-order valence-electron chi connectivity index (χ1n) is 4.16. The minimum Gasteiger partial charge on any atom is -0.494 e. The van der Waals surface area contributed by atoms with Crippen LogP contribution in [0.4, 0.5) is 0 Å². The van der Waals surface area contributed by atoms with E-state index in [0.717, 1.165) is 5.56 Å². The molecule has 0 saturated carbocycles. The molecule has 1 aromatic carbocycles. The van der Waals surface area contributed by atoms with Gasteiger partial charge in [-0.25, -0.2) is 0 Å². The van der Waals surface area contributed by atoms with Crippen LogP contribution in [0.15, 0.2) is 24.3 Å². The molecule has 3 nitrogen and oxygen atoms in total. The Kier molecular flexibility index (Phi) is 3.31. The molecule has 0 saturated heterocycles. The molecule has 1 N–H and O–H groups in total. The van der Waals surface area contributed by atoms with Gasteiger partial charge in [-0.3, -0.25) is 4.79 Å². The molecule has 0 atom stereocenters. The summed E-state index contributed by atoms with van der Waals surface area (Å²) >= 11 is 0. The summed E-state index contributed by atoms with van der Waals surface area (Å²) in [4.78, 5) is 10.5. The fourth-order valence-electron chi connectivity index (χ4n) is 1.11. The number of benzene rings is 1. The van der Waals surface area contributed by atoms with Crippen molar-refractivity contribution in [1.82, 2.24) is 0 Å². The first-order chi connectivity index (χ1) is 6.24. The molecule has 1 rings (SSSR count). The number of carboxylic acid groups (broad SMARTS) is 1. The number of aliphatic carboxylic acids is 1. The van der Waals surface area contributed by atoms with Crippen LogP contribution in [-0.2, 0) is 11.2 Å². The Bertz CT molecular complexity index is 294. The molecule has 13 heavy (non-hydrogen) atoms. The van der Waals surface area contributed by atoms with Crippen molar-refractivity contribution in [3.05, 3.63) is 29.8 Å². The Labute approximate surface area is 77.0 Å². The van der Waals surface area contributed by atoms with Gasteiger partial charge in [0.2, 0.25) is 0 Å². The van der Waals surface area contributed by atoms with E-state index in [9.17, 15) is 4.79 Å². The summed E-state index contributed by atoms with van der Waals surface area (Å²) in [6.07, 6.45) is 0.0101. The lowest BCUT2D eigenvalue weighted by atomic mass is 10.1. The summed E-state index contributed by atoms with van der Waals surface area (Å²) in [7, 11) is 0. The van der Waals surface area contributed by atoms with Crippen LogP contribution in [0, 0.1) is 0 Å². The number of hydrogen-bond acceptors (Lipinski definition) is 2. The summed E-state index contributed by atoms with van der Waals surface area (Å²) in [5, 5.41) is 8.60. The van der Waals surface area contributed by atoms with Gasteiger partial charge in [0.25, 0.3) is 0 Å². The highest BCUT2D eigenvalue weighted by atomic mass is 16.5. The lowest BCUT2D eigenvalue weighted by molar-refractivity contribution is -0.136. The van der Waals surface area contributed by atoms with Crippen LogP contribution >= 0.6 is 0 Å². The zero-order valence-electron chi connectivity index (χ0n) is 7.49. The van der Waals surface area contributed by atoms with E-state index in [1.807, 2.05) is 13.0 Å². The number of ether oxygens (including phenoxy) is 1. The van der Waals surface area contributed by atoms with Gasteiger partial charge in [0, 0.05) is 5.56 Å². The number of rotatable bonds is 4. The number of para-hydroxylation sites is 1. The number of carboxylic acids is 1. The number of hydrogen-bond donors (Lipinski definition) is 1. The molecule has 3 heteroatoms. The van der Waals surface area contributed by atoms with Gasteiger partial charge in [0.05, 0.1) is 13.0 Å². The van der Waals surface area contributed by atoms with Crippen LogP contribution in [-0.4, -0.2) is 17.7 Å². The zero-order valence-corrected chi connectivity index (χ0v) is 7.49. The second kappa shape index (κ2) is 4.50. The smallest absolute Gasteiger partial charge is 0.307 e. The highest BCUT2D eigenvalue weighted by Gasteiger charge is 2.05. The van der Waals surface area contributed by atoms with Crippen molar-refractivity contribution < 1.29 is 14.6 Å². The van der Waals surface area contributed by atoms with E-state index < -0.39 is 5.97 Å². The molecule has 0 spiro atoms. The van der Waals surface area contributed by atoms with Gasteiger partial charge in [-0.1, -0.05) is 18.2 Å². The normalized spacial score (nSPS) is 9.62. The van der Waals surface area contributed by atoms with Gasteiger partial charge < -0.3 is 9.84 Å². The standard InChI is InChI=1S/C10H12O3/c1-2-13-9-6-4-3-5-8(9)7-10(11)12/h3-6H,2,7H2,1H3,(H,11,12). The van der Waals surface area contributed by atoms with Crippen LogP contribution in [0.2, 0.25) is 0 Å². The first-order valence-corrected chi connectivity index (χ1v) is 4.16. The minimum atomic E-state index is -0.841. The van der Waals surface area contributed by atoms with E-state index in [1.165, 1.54) is 0 Å². The van der Waals surface area contributed by atoms with Crippen molar-refractivity contribution in [2.45, 2.75) is 13.3 Å². The SMILES string of the molecule is CCOc1ccccc1CC(=O)O. The predicted molar refractivity (Wildman–Crippen MR) is 49.0 cm³/mol. The molecular weight excluding hydrogens is 168 g/mol. The van der Waals surface area contributed by atoms with E-state index in [2.05, 4.69) is 0 Å². The zero-order chi connectivity index (χ0) is 9.68. The summed E-state index contributed by atoms with van der Waals surface area (Å²) in [6.45, 7) is 2.42. The van der Waals surface area contributed by atoms with Gasteiger partial charge >= 0.3 is 5.97 Å². The van der Waals surface area contributed by atoms with Crippen LogP contribution in [0.3, 0.4) is 0 Å². The monoisotopic (exact) mass is 180 g/mol. The van der Waals surface area contributed by atoms with Crippen LogP contribution < -0.4 is 4.74 Å². The average molecular weight is 180 g/mol. The molecule has 0 fully saturated rings. The lowest BCUT2D eigenvalue weighted by Crippen LogP contribution is -2.03. The maximum Gasteiger partial charge on any atom is 0.307 e. The summed E-state index contributed by atoms with van der Waals surface area (Å²) in [6, 6.07) is 7.18. The largest absolute Gasteiger partial charge is 0.494 e. The molecule has 0 radical (unpaired) electrons. The van der Waals surface area contributed by atoms with Crippen LogP contribution in [0.1, 0.15) is 12.5 Å². The molecule has 0 unspecified atom stereocenters. The van der Waals surface area contributed by atoms with Crippen molar-refractivity contribution in [1.29, 1.82) is 0 Å². The third-order valence-electron chi connectivity index (χ3n) is 1.61. The fourth-order valence-corrected chi connectivity index (χ4v) is 1.11. The molecule has 0 aliphatic rings. The molecule has 0 aliphatic heterocycles. The van der Waals surface area contributed by atoms with E-state index >= 15 is 0 Å². The Morgan fingerprint density at radius 2 is 2.15 bits per heavy atom. The second-order valence-electron chi connectivity index (χ2n) is 2.61. The Balaban J connectivity index is 2.84. The van der Waals surface area contributed by atoms with Gasteiger partial charge in [0.1, 0.15) is 5.75 Å². The quantitative estimate of drug-likeness (QED) is 0.767. The maximum atomic E-state index is 10.5. The van der Waals surface area contributed by atoms with Crippen molar-refractivity contribution >= 4 is 5.97 Å². The molecule has 0 bridgehead atoms. The average Bonchev–Trinajstić information content (AvgIpc) is 2.08. The van der Waals surface area contributed by atoms with Crippen molar-refractivity contribution in [2.75, 3.05) is 6.61 Å². The van der Waals surface area contributed by atoms with Crippen LogP contribution in [0.5, 0.6) is 5.75 Å². The highest BCUT2D eigenvalue weighted by Crippen LogP contribution is 2.18. The summed E-state index contributed by atoms with van der Waals surface area (Å²) in [5.41, 5.74) is 0.719. The fraction of sp³-hybridized carbons (Fsp3) is 0.300. The molecule has 0 aliphatic carbocycles.